The highest BCUT2D eigenvalue weighted by Gasteiger charge is 2.30. The van der Waals surface area contributed by atoms with Crippen LogP contribution in [0.1, 0.15) is 12.8 Å². The first kappa shape index (κ1) is 10.1. The zero-order valence-electron chi connectivity index (χ0n) is 7.75. The van der Waals surface area contributed by atoms with Crippen LogP contribution >= 0.6 is 0 Å². The van der Waals surface area contributed by atoms with E-state index in [4.69, 9.17) is 5.73 Å². The van der Waals surface area contributed by atoms with E-state index in [9.17, 15) is 9.59 Å². The predicted octanol–water partition coefficient (Wildman–Crippen LogP) is -1.32. The molecule has 0 aromatic carbocycles. The van der Waals surface area contributed by atoms with Crippen molar-refractivity contribution >= 4 is 11.8 Å². The summed E-state index contributed by atoms with van der Waals surface area (Å²) < 4.78 is 0. The average Bonchev–Trinajstić information content (AvgIpc) is 2.13. The first-order chi connectivity index (χ1) is 6.16. The maximum atomic E-state index is 11.4. The topological polar surface area (TPSA) is 75.4 Å². The number of carbonyl (C=O) groups excluding carboxylic acids is 2. The van der Waals surface area contributed by atoms with Gasteiger partial charge in [0.25, 0.3) is 0 Å². The van der Waals surface area contributed by atoms with Crippen LogP contribution in [-0.4, -0.2) is 42.9 Å². The highest BCUT2D eigenvalue weighted by atomic mass is 16.2. The van der Waals surface area contributed by atoms with Crippen LogP contribution in [0.15, 0.2) is 0 Å². The van der Waals surface area contributed by atoms with Gasteiger partial charge in [0.1, 0.15) is 0 Å². The summed E-state index contributed by atoms with van der Waals surface area (Å²) in [5.74, 6) is -0.250. The van der Waals surface area contributed by atoms with Crippen molar-refractivity contribution in [3.05, 3.63) is 0 Å². The van der Waals surface area contributed by atoms with Crippen LogP contribution < -0.4 is 11.1 Å². The molecule has 1 fully saturated rings. The fourth-order valence-electron chi connectivity index (χ4n) is 1.36. The van der Waals surface area contributed by atoms with E-state index in [1.807, 2.05) is 0 Å². The quantitative estimate of drug-likeness (QED) is 0.535. The second-order valence-corrected chi connectivity index (χ2v) is 3.13. The fourth-order valence-corrected chi connectivity index (χ4v) is 1.36. The Morgan fingerprint density at radius 1 is 1.62 bits per heavy atom. The number of likely N-dealkylation sites (N-methyl/N-ethyl adjacent to an activating group) is 1. The molecule has 0 aromatic heterocycles. The van der Waals surface area contributed by atoms with Gasteiger partial charge in [0.2, 0.25) is 11.8 Å². The van der Waals surface area contributed by atoms with Gasteiger partial charge >= 0.3 is 0 Å². The molecule has 1 heterocycles. The van der Waals surface area contributed by atoms with Crippen molar-refractivity contribution in [1.29, 1.82) is 0 Å². The lowest BCUT2D eigenvalue weighted by molar-refractivity contribution is -0.148. The molecule has 13 heavy (non-hydrogen) atoms. The Bertz CT molecular complexity index is 217. The van der Waals surface area contributed by atoms with E-state index in [0.29, 0.717) is 25.9 Å². The summed E-state index contributed by atoms with van der Waals surface area (Å²) in [5.41, 5.74) is 5.30. The molecule has 0 saturated carbocycles. The van der Waals surface area contributed by atoms with Crippen molar-refractivity contribution in [3.8, 4) is 0 Å². The van der Waals surface area contributed by atoms with Crippen molar-refractivity contribution in [3.63, 3.8) is 0 Å². The number of likely N-dealkylation sites (tertiary alicyclic amines) is 1. The summed E-state index contributed by atoms with van der Waals surface area (Å²) in [5, 5.41) is 3.00. The van der Waals surface area contributed by atoms with E-state index >= 15 is 0 Å². The van der Waals surface area contributed by atoms with Gasteiger partial charge in [-0.05, 0) is 6.42 Å². The van der Waals surface area contributed by atoms with Crippen LogP contribution in [-0.2, 0) is 9.59 Å². The Balaban J connectivity index is 2.49. The molecule has 0 aromatic rings. The van der Waals surface area contributed by atoms with Gasteiger partial charge in [-0.3, -0.25) is 14.5 Å². The molecule has 5 nitrogen and oxygen atoms in total. The minimum absolute atomic E-state index is 0.101. The number of hydrogen-bond acceptors (Lipinski definition) is 4. The van der Waals surface area contributed by atoms with Gasteiger partial charge in [0.05, 0.1) is 6.04 Å². The summed E-state index contributed by atoms with van der Waals surface area (Å²) in [6.07, 6.45) is 1.02. The van der Waals surface area contributed by atoms with Crippen molar-refractivity contribution in [2.24, 2.45) is 5.73 Å². The van der Waals surface area contributed by atoms with Crippen LogP contribution in [0.2, 0.25) is 0 Å². The number of amides is 2. The summed E-state index contributed by atoms with van der Waals surface area (Å²) in [4.78, 5) is 23.7. The maximum absolute atomic E-state index is 11.4. The molecule has 1 aliphatic heterocycles. The fraction of sp³-hybridized carbons (Fsp3) is 0.750. The van der Waals surface area contributed by atoms with Crippen molar-refractivity contribution in [1.82, 2.24) is 10.2 Å². The van der Waals surface area contributed by atoms with E-state index in [2.05, 4.69) is 5.32 Å². The molecule has 1 saturated heterocycles. The highest BCUT2D eigenvalue weighted by molar-refractivity contribution is 6.00. The number of piperidine rings is 1. The summed E-state index contributed by atoms with van der Waals surface area (Å²) in [6.45, 7) is 1.11. The Labute approximate surface area is 77.3 Å². The standard InChI is InChI=1S/C8H15N3O2/c1-11-7(12)3-2-6(8(11)13)10-5-4-9/h6,10H,2-5,9H2,1H3. The third-order valence-corrected chi connectivity index (χ3v) is 2.18. The van der Waals surface area contributed by atoms with Crippen LogP contribution in [0, 0.1) is 0 Å². The monoisotopic (exact) mass is 185 g/mol. The smallest absolute Gasteiger partial charge is 0.246 e. The number of hydrogen-bond donors (Lipinski definition) is 2. The summed E-state index contributed by atoms with van der Waals surface area (Å²) in [6, 6.07) is -0.230. The molecule has 3 N–H and O–H groups in total. The van der Waals surface area contributed by atoms with Gasteiger partial charge in [-0.25, -0.2) is 0 Å². The highest BCUT2D eigenvalue weighted by Crippen LogP contribution is 2.10. The lowest BCUT2D eigenvalue weighted by Crippen LogP contribution is -2.52. The number of rotatable bonds is 3. The lowest BCUT2D eigenvalue weighted by Gasteiger charge is -2.28. The van der Waals surface area contributed by atoms with Gasteiger partial charge in [0, 0.05) is 26.6 Å². The SMILES string of the molecule is CN1C(=O)CCC(NCCN)C1=O. The second-order valence-electron chi connectivity index (χ2n) is 3.13. The molecule has 1 atom stereocenters. The molecule has 2 amide bonds. The largest absolute Gasteiger partial charge is 0.329 e. The third kappa shape index (κ3) is 2.26. The van der Waals surface area contributed by atoms with Gasteiger partial charge in [0.15, 0.2) is 0 Å². The maximum Gasteiger partial charge on any atom is 0.246 e. The third-order valence-electron chi connectivity index (χ3n) is 2.18. The van der Waals surface area contributed by atoms with E-state index < -0.39 is 0 Å². The van der Waals surface area contributed by atoms with Gasteiger partial charge in [-0.1, -0.05) is 0 Å². The van der Waals surface area contributed by atoms with Crippen LogP contribution in [0.4, 0.5) is 0 Å². The number of nitrogens with two attached hydrogens (primary N) is 1. The molecule has 5 heteroatoms. The number of nitrogens with zero attached hydrogens (tertiary/aromatic N) is 1. The zero-order valence-corrected chi connectivity index (χ0v) is 7.75. The van der Waals surface area contributed by atoms with E-state index in [0.717, 1.165) is 0 Å². The minimum atomic E-state index is -0.230. The normalized spacial score (nSPS) is 23.8. The first-order valence-electron chi connectivity index (χ1n) is 4.40. The van der Waals surface area contributed by atoms with E-state index in [1.54, 1.807) is 0 Å². The van der Waals surface area contributed by atoms with Crippen molar-refractivity contribution < 1.29 is 9.59 Å². The molecule has 0 spiro atoms. The van der Waals surface area contributed by atoms with Gasteiger partial charge in [-0.2, -0.15) is 0 Å². The average molecular weight is 185 g/mol. The molecule has 0 aliphatic carbocycles. The second kappa shape index (κ2) is 4.34. The first-order valence-corrected chi connectivity index (χ1v) is 4.40. The Morgan fingerprint density at radius 2 is 2.31 bits per heavy atom. The molecule has 1 rings (SSSR count). The Morgan fingerprint density at radius 3 is 2.92 bits per heavy atom. The molecule has 1 aliphatic rings. The summed E-state index contributed by atoms with van der Waals surface area (Å²) in [7, 11) is 1.51. The van der Waals surface area contributed by atoms with Gasteiger partial charge in [-0.15, -0.1) is 0 Å². The van der Waals surface area contributed by atoms with Gasteiger partial charge < -0.3 is 11.1 Å². The molecule has 74 valence electrons. The molecular weight excluding hydrogens is 170 g/mol. The zero-order chi connectivity index (χ0) is 9.84. The van der Waals surface area contributed by atoms with Crippen LogP contribution in [0.25, 0.3) is 0 Å². The van der Waals surface area contributed by atoms with Crippen LogP contribution in [0.5, 0.6) is 0 Å². The molecule has 0 radical (unpaired) electrons. The van der Waals surface area contributed by atoms with Crippen molar-refractivity contribution in [2.75, 3.05) is 20.1 Å². The van der Waals surface area contributed by atoms with E-state index in [-0.39, 0.29) is 17.9 Å². The number of nitrogens with one attached hydrogen (secondary N) is 1. The summed E-state index contributed by atoms with van der Waals surface area (Å²) >= 11 is 0. The molecule has 0 bridgehead atoms. The lowest BCUT2D eigenvalue weighted by atomic mass is 10.0. The molecule has 1 unspecified atom stereocenters. The number of imide groups is 1. The minimum Gasteiger partial charge on any atom is -0.329 e. The number of carbonyl (C=O) groups is 2. The Hall–Kier alpha value is -0.940. The Kier molecular flexibility index (Phi) is 3.39. The predicted molar refractivity (Wildman–Crippen MR) is 47.9 cm³/mol. The molecular formula is C8H15N3O2. The van der Waals surface area contributed by atoms with Crippen LogP contribution in [0.3, 0.4) is 0 Å². The van der Waals surface area contributed by atoms with Crippen molar-refractivity contribution in [2.45, 2.75) is 18.9 Å². The van der Waals surface area contributed by atoms with E-state index in [1.165, 1.54) is 11.9 Å².